The number of carbonyl (C=O) groups excluding carboxylic acids is 2. The molecule has 0 saturated heterocycles. The molecule has 5 heteroatoms. The summed E-state index contributed by atoms with van der Waals surface area (Å²) in [6.07, 6.45) is 71.7. The van der Waals surface area contributed by atoms with Crippen LogP contribution in [0.3, 0.4) is 0 Å². The van der Waals surface area contributed by atoms with Gasteiger partial charge in [0.05, 0.1) is 6.61 Å². The van der Waals surface area contributed by atoms with Crippen LogP contribution in [0.25, 0.3) is 0 Å². The standard InChI is InChI=1S/C59H102O5/c1-4-7-10-13-16-19-22-25-27-28-29-30-31-33-36-39-42-45-48-51-54-62-55-57(64-59(61)53-50-47-44-41-38-34-24-21-18-15-12-9-6-3)56-63-58(60)52-49-46-43-40-37-35-32-26-23-20-17-14-11-8-5-2/h8,11-12,15,17,20-21,24-27,32,37,40,57H,4-7,9-10,13-14,16,18-19,22-23,28-31,33-36,38-39,41-56H2,1-3H3/b11-8-,15-12-,20-17-,24-21-,27-25-,32-26-,40-37-. The van der Waals surface area contributed by atoms with Crippen LogP contribution < -0.4 is 0 Å². The van der Waals surface area contributed by atoms with E-state index in [9.17, 15) is 9.59 Å². The molecule has 0 N–H and O–H groups in total. The highest BCUT2D eigenvalue weighted by Gasteiger charge is 2.17. The lowest BCUT2D eigenvalue weighted by atomic mass is 10.1. The Morgan fingerprint density at radius 2 is 0.734 bits per heavy atom. The maximum absolute atomic E-state index is 12.8. The summed E-state index contributed by atoms with van der Waals surface area (Å²) in [6.45, 7) is 7.60. The van der Waals surface area contributed by atoms with Crippen LogP contribution in [0, 0.1) is 0 Å². The second kappa shape index (κ2) is 54.4. The SMILES string of the molecule is CC/C=C\C/C=C\C/C=C\C/C=C\CCCCC(=O)OCC(COCCCCCCCCCCCC/C=C\CCCCCCCC)OC(=O)CCCCCCC/C=C\C/C=C\CCC. The van der Waals surface area contributed by atoms with Crippen LogP contribution in [0.5, 0.6) is 0 Å². The molecule has 0 rings (SSSR count). The average Bonchev–Trinajstić information content (AvgIpc) is 3.30. The van der Waals surface area contributed by atoms with Gasteiger partial charge in [-0.1, -0.05) is 215 Å². The number of carbonyl (C=O) groups is 2. The summed E-state index contributed by atoms with van der Waals surface area (Å²) in [6, 6.07) is 0. The Bertz CT molecular complexity index is 1190. The lowest BCUT2D eigenvalue weighted by molar-refractivity contribution is -0.163. The predicted octanol–water partition coefficient (Wildman–Crippen LogP) is 18.5. The zero-order chi connectivity index (χ0) is 46.3. The van der Waals surface area contributed by atoms with Gasteiger partial charge in [-0.05, 0) is 109 Å². The van der Waals surface area contributed by atoms with E-state index in [1.54, 1.807) is 0 Å². The average molecular weight is 891 g/mol. The minimum atomic E-state index is -0.564. The summed E-state index contributed by atoms with van der Waals surface area (Å²) >= 11 is 0. The molecule has 0 heterocycles. The highest BCUT2D eigenvalue weighted by atomic mass is 16.6. The minimum Gasteiger partial charge on any atom is -0.462 e. The molecule has 0 aromatic rings. The number of rotatable bonds is 49. The van der Waals surface area contributed by atoms with E-state index in [2.05, 4.69) is 106 Å². The lowest BCUT2D eigenvalue weighted by Crippen LogP contribution is -2.30. The van der Waals surface area contributed by atoms with E-state index in [0.717, 1.165) is 96.3 Å². The number of unbranched alkanes of at least 4 members (excludes halogenated alkanes) is 24. The van der Waals surface area contributed by atoms with Crippen molar-refractivity contribution in [3.8, 4) is 0 Å². The van der Waals surface area contributed by atoms with Crippen LogP contribution >= 0.6 is 0 Å². The van der Waals surface area contributed by atoms with Crippen molar-refractivity contribution in [1.82, 2.24) is 0 Å². The topological polar surface area (TPSA) is 61.8 Å². The molecule has 0 saturated carbocycles. The van der Waals surface area contributed by atoms with Crippen LogP contribution in [-0.4, -0.2) is 37.9 Å². The minimum absolute atomic E-state index is 0.0549. The van der Waals surface area contributed by atoms with E-state index in [-0.39, 0.29) is 25.2 Å². The first-order valence-electron chi connectivity index (χ1n) is 27.1. The smallest absolute Gasteiger partial charge is 0.306 e. The molecule has 0 fully saturated rings. The van der Waals surface area contributed by atoms with E-state index in [0.29, 0.717) is 19.4 Å². The summed E-state index contributed by atoms with van der Waals surface area (Å²) in [4.78, 5) is 25.4. The molecule has 0 bridgehead atoms. The van der Waals surface area contributed by atoms with Crippen LogP contribution in [-0.2, 0) is 23.8 Å². The number of allylic oxidation sites excluding steroid dienone is 14. The van der Waals surface area contributed by atoms with E-state index in [1.165, 1.54) is 122 Å². The molecule has 1 unspecified atom stereocenters. The lowest BCUT2D eigenvalue weighted by Gasteiger charge is -2.18. The number of hydrogen-bond donors (Lipinski definition) is 0. The van der Waals surface area contributed by atoms with Gasteiger partial charge in [-0.2, -0.15) is 0 Å². The van der Waals surface area contributed by atoms with E-state index in [4.69, 9.17) is 14.2 Å². The Morgan fingerprint density at radius 1 is 0.359 bits per heavy atom. The zero-order valence-electron chi connectivity index (χ0n) is 42.3. The second-order valence-electron chi connectivity index (χ2n) is 17.7. The Kier molecular flexibility index (Phi) is 51.9. The van der Waals surface area contributed by atoms with Gasteiger partial charge >= 0.3 is 11.9 Å². The normalized spacial score (nSPS) is 12.9. The molecule has 368 valence electrons. The Balaban J connectivity index is 4.30. The van der Waals surface area contributed by atoms with Crippen molar-refractivity contribution in [1.29, 1.82) is 0 Å². The molecule has 0 aromatic heterocycles. The quantitative estimate of drug-likeness (QED) is 0.0346. The number of esters is 2. The molecule has 0 radical (unpaired) electrons. The fraction of sp³-hybridized carbons (Fsp3) is 0.729. The maximum atomic E-state index is 12.8. The highest BCUT2D eigenvalue weighted by molar-refractivity contribution is 5.70. The third kappa shape index (κ3) is 51.7. The fourth-order valence-corrected chi connectivity index (χ4v) is 7.36. The molecule has 0 aromatic carbocycles. The summed E-state index contributed by atoms with van der Waals surface area (Å²) in [5.74, 6) is -0.461. The molecular formula is C59H102O5. The molecule has 0 aliphatic rings. The molecule has 5 nitrogen and oxygen atoms in total. The summed E-state index contributed by atoms with van der Waals surface area (Å²) in [5, 5.41) is 0. The van der Waals surface area contributed by atoms with Crippen molar-refractivity contribution in [3.63, 3.8) is 0 Å². The van der Waals surface area contributed by atoms with Gasteiger partial charge < -0.3 is 14.2 Å². The number of hydrogen-bond acceptors (Lipinski definition) is 5. The van der Waals surface area contributed by atoms with Crippen molar-refractivity contribution in [2.24, 2.45) is 0 Å². The molecule has 0 aliphatic carbocycles. The second-order valence-corrected chi connectivity index (χ2v) is 17.7. The zero-order valence-corrected chi connectivity index (χ0v) is 42.3. The Morgan fingerprint density at radius 3 is 1.23 bits per heavy atom. The van der Waals surface area contributed by atoms with Gasteiger partial charge in [0.1, 0.15) is 6.61 Å². The number of ether oxygens (including phenoxy) is 3. The third-order valence-electron chi connectivity index (χ3n) is 11.4. The molecule has 0 spiro atoms. The maximum Gasteiger partial charge on any atom is 0.306 e. The molecule has 64 heavy (non-hydrogen) atoms. The van der Waals surface area contributed by atoms with Crippen molar-refractivity contribution < 1.29 is 23.8 Å². The summed E-state index contributed by atoms with van der Waals surface area (Å²) in [7, 11) is 0. The fourth-order valence-electron chi connectivity index (χ4n) is 7.36. The van der Waals surface area contributed by atoms with E-state index in [1.807, 2.05) is 0 Å². The Hall–Kier alpha value is -2.92. The van der Waals surface area contributed by atoms with Gasteiger partial charge in [0, 0.05) is 19.4 Å². The van der Waals surface area contributed by atoms with Crippen molar-refractivity contribution in [2.75, 3.05) is 19.8 Å². The van der Waals surface area contributed by atoms with Crippen LogP contribution in [0.4, 0.5) is 0 Å². The van der Waals surface area contributed by atoms with Crippen molar-refractivity contribution in [2.45, 2.75) is 258 Å². The van der Waals surface area contributed by atoms with Gasteiger partial charge in [0.25, 0.3) is 0 Å². The van der Waals surface area contributed by atoms with E-state index >= 15 is 0 Å². The summed E-state index contributed by atoms with van der Waals surface area (Å²) in [5.41, 5.74) is 0. The first-order valence-corrected chi connectivity index (χ1v) is 27.1. The van der Waals surface area contributed by atoms with Crippen molar-refractivity contribution >= 4 is 11.9 Å². The van der Waals surface area contributed by atoms with Gasteiger partial charge in [-0.15, -0.1) is 0 Å². The predicted molar refractivity (Wildman–Crippen MR) is 279 cm³/mol. The molecule has 1 atom stereocenters. The van der Waals surface area contributed by atoms with Gasteiger partial charge in [0.2, 0.25) is 0 Å². The van der Waals surface area contributed by atoms with Gasteiger partial charge in [-0.25, -0.2) is 0 Å². The summed E-state index contributed by atoms with van der Waals surface area (Å²) < 4.78 is 17.4. The Labute approximate surface area is 397 Å². The molecule has 0 aliphatic heterocycles. The van der Waals surface area contributed by atoms with Gasteiger partial charge in [-0.3, -0.25) is 9.59 Å². The van der Waals surface area contributed by atoms with E-state index < -0.39 is 6.10 Å². The first kappa shape index (κ1) is 61.1. The van der Waals surface area contributed by atoms with Crippen molar-refractivity contribution in [3.05, 3.63) is 85.1 Å². The largest absolute Gasteiger partial charge is 0.462 e. The molecule has 0 amide bonds. The van der Waals surface area contributed by atoms with Gasteiger partial charge in [0.15, 0.2) is 6.10 Å². The first-order chi connectivity index (χ1) is 31.6. The third-order valence-corrected chi connectivity index (χ3v) is 11.4. The van der Waals surface area contributed by atoms with Crippen LogP contribution in [0.15, 0.2) is 85.1 Å². The monoisotopic (exact) mass is 891 g/mol. The van der Waals surface area contributed by atoms with Crippen LogP contribution in [0.1, 0.15) is 252 Å². The highest BCUT2D eigenvalue weighted by Crippen LogP contribution is 2.14. The molecular weight excluding hydrogens is 789 g/mol. The van der Waals surface area contributed by atoms with Crippen LogP contribution in [0.2, 0.25) is 0 Å².